The molecule has 21 heavy (non-hydrogen) atoms. The highest BCUT2D eigenvalue weighted by molar-refractivity contribution is 5.48. The average Bonchev–Trinajstić information content (AvgIpc) is 2.53. The molecule has 0 aromatic heterocycles. The molecule has 0 spiro atoms. The van der Waals surface area contributed by atoms with Crippen LogP contribution in [0.3, 0.4) is 0 Å². The fraction of sp³-hybridized carbons (Fsp3) is 0.235. The topological polar surface area (TPSA) is 54.3 Å². The summed E-state index contributed by atoms with van der Waals surface area (Å²) in [5.41, 5.74) is 3.32. The largest absolute Gasteiger partial charge is 0.479 e. The van der Waals surface area contributed by atoms with Crippen molar-refractivity contribution in [2.24, 2.45) is 0 Å². The summed E-state index contributed by atoms with van der Waals surface area (Å²) in [6, 6.07) is 17.8. The van der Waals surface area contributed by atoms with E-state index in [9.17, 15) is 0 Å². The highest BCUT2D eigenvalue weighted by Crippen LogP contribution is 2.18. The molecule has 0 radical (unpaired) electrons. The van der Waals surface area contributed by atoms with Crippen LogP contribution in [-0.2, 0) is 17.9 Å². The molecular formula is C17H18N2O2. The molecule has 0 aliphatic carbocycles. The molecule has 108 valence electrons. The Kier molecular flexibility index (Phi) is 5.62. The molecule has 0 atom stereocenters. The minimum atomic E-state index is 0.0599. The van der Waals surface area contributed by atoms with Gasteiger partial charge in [0.15, 0.2) is 6.61 Å². The van der Waals surface area contributed by atoms with Gasteiger partial charge in [-0.1, -0.05) is 30.3 Å². The van der Waals surface area contributed by atoms with Gasteiger partial charge in [0.25, 0.3) is 0 Å². The maximum atomic E-state index is 8.51. The monoisotopic (exact) mass is 282 g/mol. The summed E-state index contributed by atoms with van der Waals surface area (Å²) in [7, 11) is 1.69. The zero-order chi connectivity index (χ0) is 14.9. The number of benzene rings is 2. The summed E-state index contributed by atoms with van der Waals surface area (Å²) in [6.07, 6.45) is 0. The second kappa shape index (κ2) is 7.93. The Morgan fingerprint density at radius 2 is 1.86 bits per heavy atom. The Bertz CT molecular complexity index is 603. The number of ether oxygens (including phenoxy) is 2. The van der Waals surface area contributed by atoms with Gasteiger partial charge >= 0.3 is 0 Å². The van der Waals surface area contributed by atoms with Gasteiger partial charge in [0.2, 0.25) is 0 Å². The fourth-order valence-corrected chi connectivity index (χ4v) is 1.94. The summed E-state index contributed by atoms with van der Waals surface area (Å²) in [6.45, 7) is 1.42. The molecule has 0 heterocycles. The molecule has 0 amide bonds. The van der Waals surface area contributed by atoms with Crippen molar-refractivity contribution < 1.29 is 9.47 Å². The van der Waals surface area contributed by atoms with Crippen molar-refractivity contribution in [3.05, 3.63) is 59.7 Å². The molecule has 2 aromatic rings. The van der Waals surface area contributed by atoms with Crippen molar-refractivity contribution in [2.45, 2.75) is 13.2 Å². The first kappa shape index (κ1) is 14.9. The van der Waals surface area contributed by atoms with Crippen molar-refractivity contribution in [2.75, 3.05) is 19.0 Å². The van der Waals surface area contributed by atoms with Gasteiger partial charge < -0.3 is 14.8 Å². The molecule has 4 heteroatoms. The minimum absolute atomic E-state index is 0.0599. The lowest BCUT2D eigenvalue weighted by molar-refractivity contribution is 0.185. The number of nitrogens with zero attached hydrogens (tertiary/aromatic N) is 1. The van der Waals surface area contributed by atoms with Crippen LogP contribution in [-0.4, -0.2) is 13.7 Å². The number of rotatable bonds is 7. The first-order valence-corrected chi connectivity index (χ1v) is 6.72. The second-order valence-corrected chi connectivity index (χ2v) is 4.58. The predicted molar refractivity (Wildman–Crippen MR) is 82.0 cm³/mol. The number of anilines is 1. The zero-order valence-electron chi connectivity index (χ0n) is 12.0. The van der Waals surface area contributed by atoms with Crippen molar-refractivity contribution >= 4 is 5.69 Å². The van der Waals surface area contributed by atoms with Gasteiger partial charge in [-0.25, -0.2) is 0 Å². The van der Waals surface area contributed by atoms with Gasteiger partial charge in [0.05, 0.1) is 6.61 Å². The minimum Gasteiger partial charge on any atom is -0.479 e. The summed E-state index contributed by atoms with van der Waals surface area (Å²) in [5.74, 6) is 0.692. The average molecular weight is 282 g/mol. The van der Waals surface area contributed by atoms with Crippen LogP contribution in [0, 0.1) is 11.3 Å². The summed E-state index contributed by atoms with van der Waals surface area (Å²) < 4.78 is 10.4. The van der Waals surface area contributed by atoms with Crippen molar-refractivity contribution in [1.82, 2.24) is 0 Å². The van der Waals surface area contributed by atoms with Gasteiger partial charge in [-0.05, 0) is 23.3 Å². The van der Waals surface area contributed by atoms with Gasteiger partial charge in [-0.2, -0.15) is 5.26 Å². The Balaban J connectivity index is 1.91. The van der Waals surface area contributed by atoms with Crippen LogP contribution in [0.25, 0.3) is 0 Å². The highest BCUT2D eigenvalue weighted by atomic mass is 16.5. The lowest BCUT2D eigenvalue weighted by atomic mass is 10.1. The normalized spacial score (nSPS) is 9.90. The molecule has 1 N–H and O–H groups in total. The van der Waals surface area contributed by atoms with E-state index in [1.807, 2.05) is 30.3 Å². The van der Waals surface area contributed by atoms with E-state index in [-0.39, 0.29) is 6.61 Å². The molecular weight excluding hydrogens is 264 g/mol. The van der Waals surface area contributed by atoms with E-state index in [2.05, 4.69) is 29.6 Å². The third kappa shape index (κ3) is 4.83. The molecule has 0 bridgehead atoms. The van der Waals surface area contributed by atoms with Crippen LogP contribution in [0.5, 0.6) is 5.75 Å². The van der Waals surface area contributed by atoms with E-state index in [4.69, 9.17) is 14.7 Å². The van der Waals surface area contributed by atoms with E-state index in [0.717, 1.165) is 17.8 Å². The number of methoxy groups -OCH3 is 1. The summed E-state index contributed by atoms with van der Waals surface area (Å²) >= 11 is 0. The number of nitriles is 1. The Morgan fingerprint density at radius 1 is 1.10 bits per heavy atom. The third-order valence-corrected chi connectivity index (χ3v) is 2.97. The van der Waals surface area contributed by atoms with Gasteiger partial charge in [0.1, 0.15) is 11.8 Å². The van der Waals surface area contributed by atoms with E-state index < -0.39 is 0 Å². The molecule has 0 unspecified atom stereocenters. The predicted octanol–water partition coefficient (Wildman–Crippen LogP) is 3.35. The maximum absolute atomic E-state index is 8.51. The van der Waals surface area contributed by atoms with E-state index in [1.54, 1.807) is 7.11 Å². The number of hydrogen-bond donors (Lipinski definition) is 1. The standard InChI is InChI=1S/C17H18N2O2/c1-20-13-15-7-5-14(6-8-15)12-19-16-3-2-4-17(11-16)21-10-9-18/h2-8,11,19H,10,12-13H2,1H3. The first-order valence-electron chi connectivity index (χ1n) is 6.72. The summed E-state index contributed by atoms with van der Waals surface area (Å²) in [4.78, 5) is 0. The molecule has 0 aliphatic rings. The summed E-state index contributed by atoms with van der Waals surface area (Å²) in [5, 5.41) is 11.8. The van der Waals surface area contributed by atoms with Crippen molar-refractivity contribution in [3.8, 4) is 11.8 Å². The lowest BCUT2D eigenvalue weighted by Crippen LogP contribution is -2.00. The molecule has 0 saturated heterocycles. The fourth-order valence-electron chi connectivity index (χ4n) is 1.94. The Morgan fingerprint density at radius 3 is 2.57 bits per heavy atom. The Hall–Kier alpha value is -2.51. The smallest absolute Gasteiger partial charge is 0.174 e. The third-order valence-electron chi connectivity index (χ3n) is 2.97. The van der Waals surface area contributed by atoms with Crippen LogP contribution >= 0.6 is 0 Å². The molecule has 2 rings (SSSR count). The molecule has 0 fully saturated rings. The van der Waals surface area contributed by atoms with Crippen LogP contribution in [0.4, 0.5) is 5.69 Å². The van der Waals surface area contributed by atoms with Crippen LogP contribution < -0.4 is 10.1 Å². The number of hydrogen-bond acceptors (Lipinski definition) is 4. The van der Waals surface area contributed by atoms with Gasteiger partial charge in [-0.15, -0.1) is 0 Å². The zero-order valence-corrected chi connectivity index (χ0v) is 12.0. The quantitative estimate of drug-likeness (QED) is 0.846. The van der Waals surface area contributed by atoms with Crippen molar-refractivity contribution in [3.63, 3.8) is 0 Å². The van der Waals surface area contributed by atoms with Gasteiger partial charge in [-0.3, -0.25) is 0 Å². The molecule has 4 nitrogen and oxygen atoms in total. The van der Waals surface area contributed by atoms with Crippen LogP contribution in [0.1, 0.15) is 11.1 Å². The number of nitrogens with one attached hydrogen (secondary N) is 1. The van der Waals surface area contributed by atoms with Crippen LogP contribution in [0.2, 0.25) is 0 Å². The highest BCUT2D eigenvalue weighted by Gasteiger charge is 1.98. The maximum Gasteiger partial charge on any atom is 0.174 e. The molecule has 0 aliphatic heterocycles. The Labute approximate surface area is 124 Å². The van der Waals surface area contributed by atoms with Gasteiger partial charge in [0, 0.05) is 25.4 Å². The SMILES string of the molecule is COCc1ccc(CNc2cccc(OCC#N)c2)cc1. The van der Waals surface area contributed by atoms with E-state index in [0.29, 0.717) is 12.4 Å². The second-order valence-electron chi connectivity index (χ2n) is 4.58. The molecule has 2 aromatic carbocycles. The van der Waals surface area contributed by atoms with Crippen LogP contribution in [0.15, 0.2) is 48.5 Å². The van der Waals surface area contributed by atoms with E-state index >= 15 is 0 Å². The van der Waals surface area contributed by atoms with E-state index in [1.165, 1.54) is 5.56 Å². The first-order chi connectivity index (χ1) is 10.3. The lowest BCUT2D eigenvalue weighted by Gasteiger charge is -2.09. The van der Waals surface area contributed by atoms with Crippen molar-refractivity contribution in [1.29, 1.82) is 5.26 Å². The molecule has 0 saturated carbocycles.